The molecule has 1 fully saturated rings. The van der Waals surface area contributed by atoms with Crippen LogP contribution in [0.4, 0.5) is 0 Å². The molecule has 3 heteroatoms. The van der Waals surface area contributed by atoms with Crippen LogP contribution in [0.2, 0.25) is 13.1 Å². The van der Waals surface area contributed by atoms with Crippen LogP contribution in [0.15, 0.2) is 30.3 Å². The molecule has 1 heterocycles. The van der Waals surface area contributed by atoms with E-state index in [-0.39, 0.29) is 30.5 Å². The van der Waals surface area contributed by atoms with Crippen molar-refractivity contribution in [2.45, 2.75) is 31.5 Å². The minimum atomic E-state index is -0.288. The third-order valence-corrected chi connectivity index (χ3v) is 5.69. The van der Waals surface area contributed by atoms with E-state index >= 15 is 0 Å². The topological polar surface area (TPSA) is 3.24 Å². The third kappa shape index (κ3) is 2.38. The molecule has 1 atom stereocenters. The first kappa shape index (κ1) is 14.1. The van der Waals surface area contributed by atoms with Gasteiger partial charge in [-0.25, -0.2) is 0 Å². The Morgan fingerprint density at radius 1 is 1.11 bits per heavy atom. The van der Waals surface area contributed by atoms with Crippen LogP contribution in [0.5, 0.6) is 0 Å². The molecule has 0 aromatic heterocycles. The average Bonchev–Trinajstić information content (AvgIpc) is 2.95. The maximum Gasteiger partial charge on any atom is 0.0549 e. The second kappa shape index (κ2) is 5.77. The van der Waals surface area contributed by atoms with Gasteiger partial charge in [-0.15, -0.1) is 0 Å². The molecule has 0 N–H and O–H groups in total. The first-order valence-electron chi connectivity index (χ1n) is 6.63. The van der Waals surface area contributed by atoms with Crippen molar-refractivity contribution in [3.05, 3.63) is 41.5 Å². The fourth-order valence-electron chi connectivity index (χ4n) is 3.05. The van der Waals surface area contributed by atoms with Gasteiger partial charge in [-0.1, -0.05) is 43.4 Å². The molecule has 2 aliphatic rings. The molecular weight excluding hydrogens is 270 g/mol. The van der Waals surface area contributed by atoms with E-state index in [1.807, 2.05) is 0 Å². The molecular formula is C15H20NSiTi. The maximum atomic E-state index is 2.59. The van der Waals surface area contributed by atoms with E-state index in [1.165, 1.54) is 37.2 Å². The second-order valence-electron chi connectivity index (χ2n) is 5.39. The van der Waals surface area contributed by atoms with Crippen molar-refractivity contribution in [2.24, 2.45) is 0 Å². The fraction of sp³-hybridized carbons (Fsp3) is 0.467. The Labute approximate surface area is 127 Å². The van der Waals surface area contributed by atoms with Crippen LogP contribution >= 0.6 is 0 Å². The van der Waals surface area contributed by atoms with Crippen LogP contribution in [-0.2, 0) is 21.7 Å². The summed E-state index contributed by atoms with van der Waals surface area (Å²) in [6.07, 6.45) is 5.27. The van der Waals surface area contributed by atoms with Crippen molar-refractivity contribution in [3.63, 3.8) is 0 Å². The number of fused-ring (bicyclic) bond motifs is 1. The Balaban J connectivity index is 0.00000120. The Hall–Kier alpha value is -0.309. The van der Waals surface area contributed by atoms with Crippen LogP contribution < -0.4 is 0 Å². The first-order chi connectivity index (χ1) is 8.27. The van der Waals surface area contributed by atoms with Gasteiger partial charge in [-0.2, -0.15) is 0 Å². The average molecular weight is 290 g/mol. The standard InChI is InChI=1S/C15H20NSi.Ti/c1-17(2)15-11-14(16-9-5-6-10-16)12-7-3-4-8-13(12)15;/h3-4,7-8,11,15H,5-6,9-10H2,1-2H3;. The SMILES string of the molecule is C[Si](C)C1C=C(N2CCCC2)c2ccccc21.[Ti]. The summed E-state index contributed by atoms with van der Waals surface area (Å²) in [6.45, 7) is 7.36. The number of allylic oxidation sites excluding steroid dienone is 1. The largest absolute Gasteiger partial charge is 0.371 e. The van der Waals surface area contributed by atoms with Crippen LogP contribution in [0.3, 0.4) is 0 Å². The minimum absolute atomic E-state index is 0. The zero-order valence-corrected chi connectivity index (χ0v) is 13.8. The molecule has 1 radical (unpaired) electrons. The van der Waals surface area contributed by atoms with Crippen LogP contribution in [-0.4, -0.2) is 26.8 Å². The zero-order valence-electron chi connectivity index (χ0n) is 11.2. The number of likely N-dealkylation sites (tertiary alicyclic amines) is 1. The van der Waals surface area contributed by atoms with Gasteiger partial charge in [-0.3, -0.25) is 0 Å². The van der Waals surface area contributed by atoms with Crippen molar-refractivity contribution in [2.75, 3.05) is 13.1 Å². The second-order valence-corrected chi connectivity index (χ2v) is 8.17. The summed E-state index contributed by atoms with van der Waals surface area (Å²) >= 11 is 0. The quantitative estimate of drug-likeness (QED) is 0.753. The summed E-state index contributed by atoms with van der Waals surface area (Å²) in [5.41, 5.74) is 5.32. The van der Waals surface area contributed by atoms with Gasteiger partial charge in [0.05, 0.1) is 8.80 Å². The van der Waals surface area contributed by atoms with Crippen molar-refractivity contribution >= 4 is 14.5 Å². The van der Waals surface area contributed by atoms with Gasteiger partial charge in [0.2, 0.25) is 0 Å². The fourth-order valence-corrected chi connectivity index (χ4v) is 4.42. The molecule has 18 heavy (non-hydrogen) atoms. The summed E-state index contributed by atoms with van der Waals surface area (Å²) in [7, 11) is -0.288. The predicted molar refractivity (Wildman–Crippen MR) is 75.4 cm³/mol. The molecule has 0 spiro atoms. The molecule has 0 amide bonds. The van der Waals surface area contributed by atoms with E-state index in [1.54, 1.807) is 5.56 Å². The first-order valence-corrected chi connectivity index (χ1v) is 9.21. The van der Waals surface area contributed by atoms with Crippen LogP contribution in [0.25, 0.3) is 5.70 Å². The summed E-state index contributed by atoms with van der Waals surface area (Å²) in [4.78, 5) is 2.59. The summed E-state index contributed by atoms with van der Waals surface area (Å²) < 4.78 is 0. The monoisotopic (exact) mass is 290 g/mol. The van der Waals surface area contributed by atoms with Gasteiger partial charge in [0.25, 0.3) is 0 Å². The maximum absolute atomic E-state index is 2.59. The van der Waals surface area contributed by atoms with Crippen LogP contribution in [0, 0.1) is 0 Å². The van der Waals surface area contributed by atoms with E-state index in [0.29, 0.717) is 5.54 Å². The van der Waals surface area contributed by atoms with Gasteiger partial charge in [0, 0.05) is 46.1 Å². The van der Waals surface area contributed by atoms with Gasteiger partial charge in [-0.05, 0) is 23.9 Å². The molecule has 3 rings (SSSR count). The Morgan fingerprint density at radius 2 is 1.78 bits per heavy atom. The van der Waals surface area contributed by atoms with E-state index < -0.39 is 0 Å². The Morgan fingerprint density at radius 3 is 2.44 bits per heavy atom. The smallest absolute Gasteiger partial charge is 0.0549 e. The Bertz CT molecular complexity index is 450. The summed E-state index contributed by atoms with van der Waals surface area (Å²) in [6, 6.07) is 9.02. The molecule has 0 bridgehead atoms. The molecule has 1 aromatic rings. The van der Waals surface area contributed by atoms with E-state index in [0.717, 1.165) is 0 Å². The normalized spacial score (nSPS) is 21.8. The number of nitrogens with zero attached hydrogens (tertiary/aromatic N) is 1. The molecule has 1 unspecified atom stereocenters. The van der Waals surface area contributed by atoms with Gasteiger partial charge >= 0.3 is 0 Å². The molecule has 1 nitrogen and oxygen atoms in total. The molecule has 93 valence electrons. The Kier molecular flexibility index (Phi) is 4.52. The predicted octanol–water partition coefficient (Wildman–Crippen LogP) is 3.51. The van der Waals surface area contributed by atoms with E-state index in [4.69, 9.17) is 0 Å². The molecule has 1 saturated heterocycles. The summed E-state index contributed by atoms with van der Waals surface area (Å²) in [5, 5.41) is 0. The number of rotatable bonds is 2. The minimum Gasteiger partial charge on any atom is -0.371 e. The van der Waals surface area contributed by atoms with Gasteiger partial charge in [0.15, 0.2) is 0 Å². The number of benzene rings is 1. The van der Waals surface area contributed by atoms with Crippen LogP contribution in [0.1, 0.15) is 29.5 Å². The van der Waals surface area contributed by atoms with Gasteiger partial charge < -0.3 is 4.90 Å². The van der Waals surface area contributed by atoms with Crippen molar-refractivity contribution in [1.82, 2.24) is 4.90 Å². The molecule has 1 aromatic carbocycles. The molecule has 1 aliphatic heterocycles. The van der Waals surface area contributed by atoms with Gasteiger partial charge in [0.1, 0.15) is 0 Å². The van der Waals surface area contributed by atoms with Crippen molar-refractivity contribution < 1.29 is 21.7 Å². The molecule has 1 aliphatic carbocycles. The van der Waals surface area contributed by atoms with Crippen molar-refractivity contribution in [3.8, 4) is 0 Å². The van der Waals surface area contributed by atoms with Crippen molar-refractivity contribution in [1.29, 1.82) is 0 Å². The summed E-state index contributed by atoms with van der Waals surface area (Å²) in [5.74, 6) is 0. The van der Waals surface area contributed by atoms with E-state index in [9.17, 15) is 0 Å². The molecule has 0 saturated carbocycles. The zero-order chi connectivity index (χ0) is 11.8. The third-order valence-electron chi connectivity index (χ3n) is 3.97. The number of hydrogen-bond donors (Lipinski definition) is 0. The number of hydrogen-bond acceptors (Lipinski definition) is 1. The van der Waals surface area contributed by atoms with E-state index in [2.05, 4.69) is 48.3 Å².